The fourth-order valence-corrected chi connectivity index (χ4v) is 4.41. The van der Waals surface area contributed by atoms with E-state index in [0.717, 1.165) is 12.8 Å². The fraction of sp³-hybridized carbons (Fsp3) is 0.769. The SMILES string of the molecule is CCCCNC(=O)C(CC(N)=O)NC(=O)CCNCN1CCN(CC(=O)O)CCN(CC(=O)O)CCN(CC(=O)O)CC1. The molecular formula is C26H48N8O9. The van der Waals surface area contributed by atoms with Gasteiger partial charge in [0, 0.05) is 78.5 Å². The lowest BCUT2D eigenvalue weighted by Crippen LogP contribution is -2.50. The van der Waals surface area contributed by atoms with Crippen LogP contribution in [0.4, 0.5) is 0 Å². The number of carbonyl (C=O) groups excluding carboxylic acids is 3. The Labute approximate surface area is 251 Å². The van der Waals surface area contributed by atoms with Gasteiger partial charge in [-0.15, -0.1) is 0 Å². The van der Waals surface area contributed by atoms with Crippen LogP contribution in [0.25, 0.3) is 0 Å². The summed E-state index contributed by atoms with van der Waals surface area (Å²) in [7, 11) is 0. The van der Waals surface area contributed by atoms with Gasteiger partial charge in [-0.25, -0.2) is 0 Å². The van der Waals surface area contributed by atoms with Gasteiger partial charge in [0.05, 0.1) is 26.1 Å². The van der Waals surface area contributed by atoms with Gasteiger partial charge in [-0.2, -0.15) is 0 Å². The molecular weight excluding hydrogens is 568 g/mol. The standard InChI is InChI=1S/C26H48N8O9/c1-2-3-5-29-26(43)20(15-21(27)35)30-22(36)4-6-28-19-34-13-11-32(17-24(39)40)9-7-31(16-23(37)38)8-10-33(12-14-34)18-25(41)42/h20,28H,2-19H2,1H3,(H2,27,35)(H,29,43)(H,30,36)(H,37,38)(H,39,40)(H,41,42). The predicted molar refractivity (Wildman–Crippen MR) is 155 cm³/mol. The molecule has 1 rings (SSSR count). The van der Waals surface area contributed by atoms with Gasteiger partial charge in [0.1, 0.15) is 6.04 Å². The Bertz CT molecular complexity index is 891. The molecule has 246 valence electrons. The topological polar surface area (TPSA) is 238 Å². The van der Waals surface area contributed by atoms with E-state index in [1.54, 1.807) is 14.7 Å². The molecule has 0 aromatic rings. The lowest BCUT2D eigenvalue weighted by atomic mass is 10.1. The zero-order valence-corrected chi connectivity index (χ0v) is 25.0. The highest BCUT2D eigenvalue weighted by atomic mass is 16.4. The quantitative estimate of drug-likeness (QED) is 0.0746. The molecule has 8 N–H and O–H groups in total. The van der Waals surface area contributed by atoms with Gasteiger partial charge in [-0.3, -0.25) is 48.4 Å². The number of carboxylic acids is 3. The second kappa shape index (κ2) is 21.3. The van der Waals surface area contributed by atoms with E-state index >= 15 is 0 Å². The van der Waals surface area contributed by atoms with Gasteiger partial charge in [0.2, 0.25) is 17.7 Å². The summed E-state index contributed by atoms with van der Waals surface area (Å²) in [6.45, 7) is 5.15. The molecule has 0 aliphatic carbocycles. The largest absolute Gasteiger partial charge is 0.480 e. The first-order valence-corrected chi connectivity index (χ1v) is 14.5. The van der Waals surface area contributed by atoms with E-state index in [4.69, 9.17) is 5.73 Å². The van der Waals surface area contributed by atoms with Crippen LogP contribution in [0.1, 0.15) is 32.6 Å². The zero-order valence-electron chi connectivity index (χ0n) is 25.0. The number of nitrogens with one attached hydrogen (secondary N) is 3. The Balaban J connectivity index is 2.77. The predicted octanol–water partition coefficient (Wildman–Crippen LogP) is -3.32. The van der Waals surface area contributed by atoms with E-state index in [1.165, 1.54) is 0 Å². The first kappa shape index (κ1) is 37.6. The molecule has 1 unspecified atom stereocenters. The van der Waals surface area contributed by atoms with Crippen LogP contribution < -0.4 is 21.7 Å². The van der Waals surface area contributed by atoms with Crippen molar-refractivity contribution in [3.05, 3.63) is 0 Å². The number of unbranched alkanes of at least 4 members (excludes halogenated alkanes) is 1. The maximum Gasteiger partial charge on any atom is 0.317 e. The van der Waals surface area contributed by atoms with Gasteiger partial charge in [-0.05, 0) is 6.42 Å². The highest BCUT2D eigenvalue weighted by Crippen LogP contribution is 2.01. The Morgan fingerprint density at radius 3 is 1.56 bits per heavy atom. The highest BCUT2D eigenvalue weighted by Gasteiger charge is 2.23. The van der Waals surface area contributed by atoms with Crippen molar-refractivity contribution >= 4 is 35.6 Å². The Hall–Kier alpha value is -3.38. The third-order valence-corrected chi connectivity index (χ3v) is 6.76. The second-order valence-electron chi connectivity index (χ2n) is 10.5. The Kier molecular flexibility index (Phi) is 18.7. The minimum atomic E-state index is -1.07. The van der Waals surface area contributed by atoms with Crippen LogP contribution in [-0.2, 0) is 28.8 Å². The van der Waals surface area contributed by atoms with E-state index in [-0.39, 0.29) is 39.0 Å². The molecule has 1 saturated heterocycles. The maximum absolute atomic E-state index is 12.5. The molecule has 3 amide bonds. The van der Waals surface area contributed by atoms with Crippen molar-refractivity contribution in [2.24, 2.45) is 5.73 Å². The summed E-state index contributed by atoms with van der Waals surface area (Å²) in [4.78, 5) is 77.5. The molecule has 0 spiro atoms. The molecule has 0 aromatic carbocycles. The number of nitrogens with zero attached hydrogens (tertiary/aromatic N) is 4. The minimum Gasteiger partial charge on any atom is -0.480 e. The first-order valence-electron chi connectivity index (χ1n) is 14.5. The smallest absolute Gasteiger partial charge is 0.317 e. The number of nitrogens with two attached hydrogens (primary N) is 1. The number of rotatable bonds is 18. The van der Waals surface area contributed by atoms with Crippen LogP contribution in [0.2, 0.25) is 0 Å². The van der Waals surface area contributed by atoms with E-state index in [2.05, 4.69) is 16.0 Å². The summed E-state index contributed by atoms with van der Waals surface area (Å²) in [6.07, 6.45) is 1.32. The number of hydrogen-bond acceptors (Lipinski definition) is 11. The summed E-state index contributed by atoms with van der Waals surface area (Å²) in [5, 5.41) is 36.3. The van der Waals surface area contributed by atoms with Gasteiger partial charge in [0.15, 0.2) is 0 Å². The lowest BCUT2D eigenvalue weighted by molar-refractivity contribution is -0.140. The minimum absolute atomic E-state index is 0.0149. The molecule has 1 heterocycles. The number of primary amides is 1. The molecule has 1 fully saturated rings. The van der Waals surface area contributed by atoms with Crippen LogP contribution in [0.3, 0.4) is 0 Å². The monoisotopic (exact) mass is 616 g/mol. The summed E-state index contributed by atoms with van der Waals surface area (Å²) in [6, 6.07) is -1.07. The normalized spacial score (nSPS) is 17.2. The maximum atomic E-state index is 12.5. The van der Waals surface area contributed by atoms with E-state index in [0.29, 0.717) is 65.6 Å². The number of aliphatic carboxylic acids is 3. The van der Waals surface area contributed by atoms with E-state index in [1.807, 2.05) is 11.8 Å². The van der Waals surface area contributed by atoms with Crippen molar-refractivity contribution in [3.63, 3.8) is 0 Å². The molecule has 0 saturated carbocycles. The van der Waals surface area contributed by atoms with Crippen LogP contribution >= 0.6 is 0 Å². The summed E-state index contributed by atoms with van der Waals surface area (Å²) in [5.41, 5.74) is 5.24. The fourth-order valence-electron chi connectivity index (χ4n) is 4.41. The van der Waals surface area contributed by atoms with Crippen LogP contribution in [-0.4, -0.2) is 168 Å². The van der Waals surface area contributed by atoms with Crippen molar-refractivity contribution in [1.82, 2.24) is 35.6 Å². The number of carboxylic acid groups (broad SMARTS) is 3. The molecule has 0 bridgehead atoms. The van der Waals surface area contributed by atoms with Crippen LogP contribution in [0.5, 0.6) is 0 Å². The molecule has 17 heteroatoms. The van der Waals surface area contributed by atoms with E-state index < -0.39 is 41.7 Å². The molecule has 0 aromatic heterocycles. The second-order valence-corrected chi connectivity index (χ2v) is 10.5. The lowest BCUT2D eigenvalue weighted by Gasteiger charge is -2.33. The molecule has 1 aliphatic heterocycles. The summed E-state index contributed by atoms with van der Waals surface area (Å²) < 4.78 is 0. The molecule has 1 atom stereocenters. The third-order valence-electron chi connectivity index (χ3n) is 6.76. The number of hydrogen-bond donors (Lipinski definition) is 7. The van der Waals surface area contributed by atoms with Crippen molar-refractivity contribution in [2.75, 3.05) is 91.8 Å². The molecule has 0 radical (unpaired) electrons. The molecule has 43 heavy (non-hydrogen) atoms. The molecule has 17 nitrogen and oxygen atoms in total. The Morgan fingerprint density at radius 2 is 1.16 bits per heavy atom. The van der Waals surface area contributed by atoms with E-state index in [9.17, 15) is 44.1 Å². The van der Waals surface area contributed by atoms with Gasteiger partial charge in [0.25, 0.3) is 0 Å². The van der Waals surface area contributed by atoms with Crippen molar-refractivity contribution in [1.29, 1.82) is 0 Å². The third kappa shape index (κ3) is 18.7. The highest BCUT2D eigenvalue weighted by molar-refractivity contribution is 5.91. The van der Waals surface area contributed by atoms with Crippen molar-refractivity contribution < 1.29 is 44.1 Å². The van der Waals surface area contributed by atoms with Crippen molar-refractivity contribution in [2.45, 2.75) is 38.6 Å². The summed E-state index contributed by atoms with van der Waals surface area (Å²) in [5.74, 6) is -4.66. The van der Waals surface area contributed by atoms with Gasteiger partial charge < -0.3 is 37.0 Å². The van der Waals surface area contributed by atoms with Crippen molar-refractivity contribution in [3.8, 4) is 0 Å². The number of carbonyl (C=O) groups is 6. The van der Waals surface area contributed by atoms with Crippen LogP contribution in [0.15, 0.2) is 0 Å². The zero-order chi connectivity index (χ0) is 32.2. The Morgan fingerprint density at radius 1 is 0.721 bits per heavy atom. The molecule has 1 aliphatic rings. The van der Waals surface area contributed by atoms with Gasteiger partial charge in [-0.1, -0.05) is 13.3 Å². The number of amides is 3. The first-order chi connectivity index (χ1) is 20.4. The average Bonchev–Trinajstić information content (AvgIpc) is 2.90. The summed E-state index contributed by atoms with van der Waals surface area (Å²) >= 11 is 0. The van der Waals surface area contributed by atoms with Gasteiger partial charge >= 0.3 is 17.9 Å². The average molecular weight is 617 g/mol. The van der Waals surface area contributed by atoms with Crippen LogP contribution in [0, 0.1) is 0 Å².